The van der Waals surface area contributed by atoms with E-state index in [9.17, 15) is 4.79 Å². The fraction of sp³-hybridized carbons (Fsp3) is 0.278. The molecule has 0 bridgehead atoms. The molecule has 1 aliphatic rings. The second-order valence-electron chi connectivity index (χ2n) is 5.31. The van der Waals surface area contributed by atoms with E-state index in [1.165, 1.54) is 0 Å². The van der Waals surface area contributed by atoms with Gasteiger partial charge in [-0.3, -0.25) is 4.79 Å². The molecule has 2 aromatic rings. The molecule has 2 aromatic carbocycles. The van der Waals surface area contributed by atoms with Gasteiger partial charge in [0.1, 0.15) is 16.9 Å². The summed E-state index contributed by atoms with van der Waals surface area (Å²) >= 11 is 1.66. The molecule has 0 aromatic heterocycles. The third kappa shape index (κ3) is 3.45. The van der Waals surface area contributed by atoms with E-state index in [1.807, 2.05) is 53.4 Å². The molecule has 0 N–H and O–H groups in total. The van der Waals surface area contributed by atoms with Gasteiger partial charge in [0, 0.05) is 6.54 Å². The minimum atomic E-state index is 0.0514. The zero-order chi connectivity index (χ0) is 16.2. The van der Waals surface area contributed by atoms with Crippen LogP contribution in [-0.4, -0.2) is 30.8 Å². The Bertz CT molecular complexity index is 670. The third-order valence-electron chi connectivity index (χ3n) is 3.88. The molecule has 4 nitrogen and oxygen atoms in total. The van der Waals surface area contributed by atoms with Crippen molar-refractivity contribution in [2.45, 2.75) is 11.9 Å². The van der Waals surface area contributed by atoms with Gasteiger partial charge < -0.3 is 14.4 Å². The summed E-state index contributed by atoms with van der Waals surface area (Å²) in [6.07, 6.45) is 0. The van der Waals surface area contributed by atoms with Crippen LogP contribution >= 0.6 is 11.8 Å². The average Bonchev–Trinajstić information content (AvgIpc) is 2.96. The molecular weight excluding hydrogens is 310 g/mol. The Kier molecular flexibility index (Phi) is 4.76. The first-order valence-corrected chi connectivity index (χ1v) is 8.44. The molecule has 5 heteroatoms. The van der Waals surface area contributed by atoms with Crippen LogP contribution in [0.25, 0.3) is 0 Å². The quantitative estimate of drug-likeness (QED) is 0.842. The summed E-state index contributed by atoms with van der Waals surface area (Å²) < 4.78 is 10.4. The molecule has 1 atom stereocenters. The molecule has 1 saturated heterocycles. The SMILES string of the molecule is COc1ccc(CN2C(=O)CSC2c2ccc(OC)cc2)cc1. The van der Waals surface area contributed by atoms with Crippen LogP contribution in [-0.2, 0) is 11.3 Å². The number of rotatable bonds is 5. The van der Waals surface area contributed by atoms with Crippen LogP contribution in [0.15, 0.2) is 48.5 Å². The van der Waals surface area contributed by atoms with Gasteiger partial charge in [-0.05, 0) is 35.4 Å². The highest BCUT2D eigenvalue weighted by Crippen LogP contribution is 2.40. The van der Waals surface area contributed by atoms with E-state index in [2.05, 4.69) is 0 Å². The van der Waals surface area contributed by atoms with E-state index in [0.29, 0.717) is 12.3 Å². The predicted octanol–water partition coefficient (Wildman–Crippen LogP) is 3.48. The molecule has 0 saturated carbocycles. The Morgan fingerprint density at radius 2 is 1.57 bits per heavy atom. The van der Waals surface area contributed by atoms with Crippen LogP contribution in [0.3, 0.4) is 0 Å². The zero-order valence-electron chi connectivity index (χ0n) is 13.2. The van der Waals surface area contributed by atoms with Crippen molar-refractivity contribution in [1.29, 1.82) is 0 Å². The Morgan fingerprint density at radius 3 is 2.13 bits per heavy atom. The first kappa shape index (κ1) is 15.7. The maximum Gasteiger partial charge on any atom is 0.234 e. The van der Waals surface area contributed by atoms with Gasteiger partial charge in [-0.15, -0.1) is 11.8 Å². The van der Waals surface area contributed by atoms with Crippen molar-refractivity contribution in [2.75, 3.05) is 20.0 Å². The van der Waals surface area contributed by atoms with E-state index < -0.39 is 0 Å². The van der Waals surface area contributed by atoms with Gasteiger partial charge >= 0.3 is 0 Å². The molecule has 1 amide bonds. The number of thioether (sulfide) groups is 1. The lowest BCUT2D eigenvalue weighted by molar-refractivity contribution is -0.128. The summed E-state index contributed by atoms with van der Waals surface area (Å²) in [5.74, 6) is 2.34. The normalized spacial score (nSPS) is 17.4. The first-order chi connectivity index (χ1) is 11.2. The van der Waals surface area contributed by atoms with Gasteiger partial charge in [-0.2, -0.15) is 0 Å². The molecule has 0 radical (unpaired) electrons. The molecule has 1 heterocycles. The number of methoxy groups -OCH3 is 2. The lowest BCUT2D eigenvalue weighted by atomic mass is 10.1. The predicted molar refractivity (Wildman–Crippen MR) is 91.7 cm³/mol. The van der Waals surface area contributed by atoms with E-state index in [1.54, 1.807) is 26.0 Å². The second-order valence-corrected chi connectivity index (χ2v) is 6.37. The van der Waals surface area contributed by atoms with Crippen LogP contribution in [0.5, 0.6) is 11.5 Å². The Balaban J connectivity index is 1.78. The molecule has 1 aliphatic heterocycles. The number of carbonyl (C=O) groups is 1. The van der Waals surface area contributed by atoms with Crippen LogP contribution < -0.4 is 9.47 Å². The smallest absolute Gasteiger partial charge is 0.234 e. The number of hydrogen-bond acceptors (Lipinski definition) is 4. The fourth-order valence-corrected chi connectivity index (χ4v) is 3.79. The highest BCUT2D eigenvalue weighted by molar-refractivity contribution is 8.00. The van der Waals surface area contributed by atoms with Gasteiger partial charge in [-0.1, -0.05) is 24.3 Å². The van der Waals surface area contributed by atoms with Crippen molar-refractivity contribution in [2.24, 2.45) is 0 Å². The number of amides is 1. The highest BCUT2D eigenvalue weighted by atomic mass is 32.2. The van der Waals surface area contributed by atoms with E-state index >= 15 is 0 Å². The fourth-order valence-electron chi connectivity index (χ4n) is 2.60. The third-order valence-corrected chi connectivity index (χ3v) is 5.14. The minimum Gasteiger partial charge on any atom is -0.497 e. The number of nitrogens with zero attached hydrogens (tertiary/aromatic N) is 1. The molecule has 120 valence electrons. The molecule has 1 unspecified atom stereocenters. The second kappa shape index (κ2) is 6.96. The molecule has 23 heavy (non-hydrogen) atoms. The van der Waals surface area contributed by atoms with E-state index in [-0.39, 0.29) is 11.3 Å². The number of carbonyl (C=O) groups excluding carboxylic acids is 1. The van der Waals surface area contributed by atoms with Gasteiger partial charge in [-0.25, -0.2) is 0 Å². The lowest BCUT2D eigenvalue weighted by Crippen LogP contribution is -2.27. The number of benzene rings is 2. The minimum absolute atomic E-state index is 0.0514. The largest absolute Gasteiger partial charge is 0.497 e. The van der Waals surface area contributed by atoms with Crippen LogP contribution in [0.2, 0.25) is 0 Å². The van der Waals surface area contributed by atoms with Gasteiger partial charge in [0.2, 0.25) is 5.91 Å². The number of ether oxygens (including phenoxy) is 2. The summed E-state index contributed by atoms with van der Waals surface area (Å²) in [6, 6.07) is 15.8. The van der Waals surface area contributed by atoms with Crippen molar-refractivity contribution in [3.63, 3.8) is 0 Å². The van der Waals surface area contributed by atoms with E-state index in [0.717, 1.165) is 22.6 Å². The Labute approximate surface area is 140 Å². The Hall–Kier alpha value is -2.14. The summed E-state index contributed by atoms with van der Waals surface area (Å²) in [7, 11) is 3.30. The highest BCUT2D eigenvalue weighted by Gasteiger charge is 2.32. The summed E-state index contributed by atoms with van der Waals surface area (Å²) in [4.78, 5) is 14.2. The molecule has 0 spiro atoms. The maximum absolute atomic E-state index is 12.3. The van der Waals surface area contributed by atoms with Gasteiger partial charge in [0.05, 0.1) is 20.0 Å². The van der Waals surface area contributed by atoms with Gasteiger partial charge in [0.15, 0.2) is 0 Å². The number of hydrogen-bond donors (Lipinski definition) is 0. The Morgan fingerprint density at radius 1 is 1.00 bits per heavy atom. The molecule has 3 rings (SSSR count). The maximum atomic E-state index is 12.3. The van der Waals surface area contributed by atoms with E-state index in [4.69, 9.17) is 9.47 Å². The molecule has 1 fully saturated rings. The van der Waals surface area contributed by atoms with Crippen LogP contribution in [0.4, 0.5) is 0 Å². The average molecular weight is 329 g/mol. The first-order valence-electron chi connectivity index (χ1n) is 7.39. The van der Waals surface area contributed by atoms with Crippen molar-refractivity contribution in [3.05, 3.63) is 59.7 Å². The van der Waals surface area contributed by atoms with Crippen molar-refractivity contribution in [3.8, 4) is 11.5 Å². The van der Waals surface area contributed by atoms with Crippen molar-refractivity contribution in [1.82, 2.24) is 4.90 Å². The van der Waals surface area contributed by atoms with Crippen LogP contribution in [0, 0.1) is 0 Å². The summed E-state index contributed by atoms with van der Waals surface area (Å²) in [5, 5.41) is 0.0514. The van der Waals surface area contributed by atoms with Crippen molar-refractivity contribution >= 4 is 17.7 Å². The zero-order valence-corrected chi connectivity index (χ0v) is 14.0. The summed E-state index contributed by atoms with van der Waals surface area (Å²) in [6.45, 7) is 0.604. The lowest BCUT2D eigenvalue weighted by Gasteiger charge is -2.24. The summed E-state index contributed by atoms with van der Waals surface area (Å²) in [5.41, 5.74) is 2.22. The van der Waals surface area contributed by atoms with Crippen LogP contribution in [0.1, 0.15) is 16.5 Å². The molecule has 0 aliphatic carbocycles. The van der Waals surface area contributed by atoms with Gasteiger partial charge in [0.25, 0.3) is 0 Å². The monoisotopic (exact) mass is 329 g/mol. The van der Waals surface area contributed by atoms with Crippen molar-refractivity contribution < 1.29 is 14.3 Å². The topological polar surface area (TPSA) is 38.8 Å². The molecular formula is C18H19NO3S. The standard InChI is InChI=1S/C18H19NO3S/c1-21-15-7-3-13(4-8-15)11-19-17(20)12-23-18(19)14-5-9-16(22-2)10-6-14/h3-10,18H,11-12H2,1-2H3.